The van der Waals surface area contributed by atoms with E-state index >= 15 is 0 Å². The summed E-state index contributed by atoms with van der Waals surface area (Å²) in [7, 11) is 5.85. The third-order valence-corrected chi connectivity index (χ3v) is 4.04. The zero-order valence-electron chi connectivity index (χ0n) is 13.5. The number of rotatable bonds is 6. The molecule has 116 valence electrons. The molecular weight excluding hydrogens is 264 g/mol. The fourth-order valence-electron chi connectivity index (χ4n) is 2.79. The third kappa shape index (κ3) is 3.47. The molecule has 1 aromatic rings. The topological polar surface area (TPSA) is 54.1 Å². The molecule has 5 nitrogen and oxygen atoms in total. The zero-order valence-corrected chi connectivity index (χ0v) is 13.5. The Labute approximate surface area is 127 Å². The number of hydrogen-bond donors (Lipinski definition) is 1. The van der Waals surface area contributed by atoms with Crippen molar-refractivity contribution in [2.75, 3.05) is 40.8 Å². The molecule has 0 bridgehead atoms. The van der Waals surface area contributed by atoms with E-state index in [1.165, 1.54) is 5.56 Å². The van der Waals surface area contributed by atoms with E-state index in [0.29, 0.717) is 5.96 Å². The van der Waals surface area contributed by atoms with Crippen LogP contribution in [0.25, 0.3) is 0 Å². The maximum Gasteiger partial charge on any atom is 0.191 e. The number of benzene rings is 1. The maximum absolute atomic E-state index is 6.09. The van der Waals surface area contributed by atoms with Gasteiger partial charge in [-0.3, -0.25) is 4.99 Å². The summed E-state index contributed by atoms with van der Waals surface area (Å²) in [5.41, 5.74) is 7.20. The van der Waals surface area contributed by atoms with Gasteiger partial charge in [0.25, 0.3) is 0 Å². The second-order valence-corrected chi connectivity index (χ2v) is 6.11. The Hall–Kier alpha value is -1.75. The summed E-state index contributed by atoms with van der Waals surface area (Å²) in [5, 5.41) is 0. The van der Waals surface area contributed by atoms with Gasteiger partial charge in [-0.05, 0) is 32.6 Å². The van der Waals surface area contributed by atoms with Gasteiger partial charge in [-0.1, -0.05) is 18.2 Å². The van der Waals surface area contributed by atoms with Crippen LogP contribution in [0.1, 0.15) is 12.5 Å². The SMILES string of the molecule is COc1ccccc1CC1(C)CN=C(N)N1CCN(C)C. The number of para-hydroxylation sites is 1. The highest BCUT2D eigenvalue weighted by Gasteiger charge is 2.38. The first-order valence-corrected chi connectivity index (χ1v) is 7.30. The average Bonchev–Trinajstić information content (AvgIpc) is 2.72. The summed E-state index contributed by atoms with van der Waals surface area (Å²) in [6, 6.07) is 8.16. The highest BCUT2D eigenvalue weighted by Crippen LogP contribution is 2.29. The number of ether oxygens (including phenoxy) is 1. The van der Waals surface area contributed by atoms with E-state index in [2.05, 4.69) is 41.9 Å². The van der Waals surface area contributed by atoms with Gasteiger partial charge in [0.15, 0.2) is 5.96 Å². The van der Waals surface area contributed by atoms with Crippen molar-refractivity contribution in [2.45, 2.75) is 18.9 Å². The van der Waals surface area contributed by atoms with Crippen LogP contribution in [0.4, 0.5) is 0 Å². The van der Waals surface area contributed by atoms with E-state index < -0.39 is 0 Å². The molecular formula is C16H26N4O. The maximum atomic E-state index is 6.09. The van der Waals surface area contributed by atoms with E-state index in [0.717, 1.165) is 31.8 Å². The standard InChI is InChI=1S/C16H26N4O/c1-16(11-13-7-5-6-8-14(13)21-4)12-18-15(17)20(16)10-9-19(2)3/h5-8H,9-12H2,1-4H3,(H2,17,18). The van der Waals surface area contributed by atoms with E-state index in [1.807, 2.05) is 18.2 Å². The summed E-state index contributed by atoms with van der Waals surface area (Å²) < 4.78 is 5.47. The number of guanidine groups is 1. The zero-order chi connectivity index (χ0) is 15.5. The highest BCUT2D eigenvalue weighted by molar-refractivity contribution is 5.81. The minimum atomic E-state index is -0.0886. The van der Waals surface area contributed by atoms with E-state index in [1.54, 1.807) is 7.11 Å². The molecule has 21 heavy (non-hydrogen) atoms. The van der Waals surface area contributed by atoms with Crippen molar-refractivity contribution in [2.24, 2.45) is 10.7 Å². The number of likely N-dealkylation sites (N-methyl/N-ethyl adjacent to an activating group) is 1. The van der Waals surface area contributed by atoms with Gasteiger partial charge < -0.3 is 20.3 Å². The molecule has 5 heteroatoms. The Morgan fingerprint density at radius 3 is 2.76 bits per heavy atom. The van der Waals surface area contributed by atoms with Gasteiger partial charge in [0.1, 0.15) is 5.75 Å². The highest BCUT2D eigenvalue weighted by atomic mass is 16.5. The largest absolute Gasteiger partial charge is 0.496 e. The molecule has 1 aromatic carbocycles. The third-order valence-electron chi connectivity index (χ3n) is 4.04. The van der Waals surface area contributed by atoms with Gasteiger partial charge in [0.2, 0.25) is 0 Å². The van der Waals surface area contributed by atoms with Crippen LogP contribution in [0, 0.1) is 0 Å². The lowest BCUT2D eigenvalue weighted by atomic mass is 9.91. The van der Waals surface area contributed by atoms with Gasteiger partial charge in [-0.25, -0.2) is 0 Å². The van der Waals surface area contributed by atoms with Gasteiger partial charge in [0, 0.05) is 19.5 Å². The van der Waals surface area contributed by atoms with Crippen molar-refractivity contribution in [1.29, 1.82) is 0 Å². The number of methoxy groups -OCH3 is 1. The molecule has 1 aliphatic rings. The van der Waals surface area contributed by atoms with Crippen LogP contribution in [-0.4, -0.2) is 62.1 Å². The van der Waals surface area contributed by atoms with Crippen molar-refractivity contribution in [1.82, 2.24) is 9.80 Å². The molecule has 0 fully saturated rings. The lowest BCUT2D eigenvalue weighted by Gasteiger charge is -2.37. The molecule has 0 spiro atoms. The summed E-state index contributed by atoms with van der Waals surface area (Å²) >= 11 is 0. The molecule has 1 aliphatic heterocycles. The van der Waals surface area contributed by atoms with Crippen LogP contribution in [0.3, 0.4) is 0 Å². The first kappa shape index (κ1) is 15.6. The van der Waals surface area contributed by atoms with Crippen LogP contribution in [0.2, 0.25) is 0 Å². The minimum Gasteiger partial charge on any atom is -0.496 e. The number of hydrogen-bond acceptors (Lipinski definition) is 5. The van der Waals surface area contributed by atoms with Crippen LogP contribution in [-0.2, 0) is 6.42 Å². The second-order valence-electron chi connectivity index (χ2n) is 6.11. The van der Waals surface area contributed by atoms with Gasteiger partial charge in [0.05, 0.1) is 19.2 Å². The fourth-order valence-corrected chi connectivity index (χ4v) is 2.79. The first-order chi connectivity index (χ1) is 9.96. The van der Waals surface area contributed by atoms with E-state index in [9.17, 15) is 0 Å². The first-order valence-electron chi connectivity index (χ1n) is 7.30. The van der Waals surface area contributed by atoms with Gasteiger partial charge in [-0.2, -0.15) is 0 Å². The molecule has 0 radical (unpaired) electrons. The molecule has 0 saturated carbocycles. The fraction of sp³-hybridized carbons (Fsp3) is 0.562. The van der Waals surface area contributed by atoms with E-state index in [-0.39, 0.29) is 5.54 Å². The monoisotopic (exact) mass is 290 g/mol. The Bertz CT molecular complexity index is 515. The van der Waals surface area contributed by atoms with Crippen molar-refractivity contribution in [3.8, 4) is 5.75 Å². The quantitative estimate of drug-likeness (QED) is 0.855. The molecule has 2 N–H and O–H groups in total. The lowest BCUT2D eigenvalue weighted by Crippen LogP contribution is -2.53. The Balaban J connectivity index is 2.16. The molecule has 2 rings (SSSR count). The van der Waals surface area contributed by atoms with Crippen molar-refractivity contribution < 1.29 is 4.74 Å². The van der Waals surface area contributed by atoms with Crippen molar-refractivity contribution in [3.05, 3.63) is 29.8 Å². The number of nitrogens with zero attached hydrogens (tertiary/aromatic N) is 3. The Morgan fingerprint density at radius 2 is 2.10 bits per heavy atom. The summed E-state index contributed by atoms with van der Waals surface area (Å²) in [6.07, 6.45) is 0.870. The minimum absolute atomic E-state index is 0.0886. The number of nitrogens with two attached hydrogens (primary N) is 1. The average molecular weight is 290 g/mol. The Kier molecular flexibility index (Phi) is 4.73. The summed E-state index contributed by atoms with van der Waals surface area (Å²) in [5.74, 6) is 1.58. The van der Waals surface area contributed by atoms with Crippen molar-refractivity contribution in [3.63, 3.8) is 0 Å². The summed E-state index contributed by atoms with van der Waals surface area (Å²) in [6.45, 7) is 4.79. The van der Waals surface area contributed by atoms with E-state index in [4.69, 9.17) is 10.5 Å². The molecule has 0 amide bonds. The van der Waals surface area contributed by atoms with Gasteiger partial charge in [-0.15, -0.1) is 0 Å². The molecule has 0 aliphatic carbocycles. The summed E-state index contributed by atoms with van der Waals surface area (Å²) in [4.78, 5) is 8.84. The molecule has 0 aromatic heterocycles. The molecule has 1 heterocycles. The van der Waals surface area contributed by atoms with Crippen LogP contribution in [0.5, 0.6) is 5.75 Å². The smallest absolute Gasteiger partial charge is 0.191 e. The molecule has 1 unspecified atom stereocenters. The van der Waals surface area contributed by atoms with Crippen molar-refractivity contribution >= 4 is 5.96 Å². The molecule has 1 atom stereocenters. The van der Waals surface area contributed by atoms with Gasteiger partial charge >= 0.3 is 0 Å². The van der Waals surface area contributed by atoms with Crippen LogP contribution >= 0.6 is 0 Å². The Morgan fingerprint density at radius 1 is 1.38 bits per heavy atom. The van der Waals surface area contributed by atoms with Crippen LogP contribution < -0.4 is 10.5 Å². The predicted octanol–water partition coefficient (Wildman–Crippen LogP) is 1.19. The number of aliphatic imine (C=N–C) groups is 1. The normalized spacial score (nSPS) is 21.8. The second kappa shape index (κ2) is 6.35. The lowest BCUT2D eigenvalue weighted by molar-refractivity contribution is 0.201. The van der Waals surface area contributed by atoms with Crippen LogP contribution in [0.15, 0.2) is 29.3 Å². The molecule has 0 saturated heterocycles. The predicted molar refractivity (Wildman–Crippen MR) is 86.9 cm³/mol.